The fourth-order valence-corrected chi connectivity index (χ4v) is 3.78. The normalized spacial score (nSPS) is 17.2. The van der Waals surface area contributed by atoms with Crippen molar-refractivity contribution in [3.63, 3.8) is 0 Å². The molecule has 0 saturated heterocycles. The van der Waals surface area contributed by atoms with E-state index in [1.807, 2.05) is 6.92 Å². The topological polar surface area (TPSA) is 95.6 Å². The molecule has 1 aromatic carbocycles. The summed E-state index contributed by atoms with van der Waals surface area (Å²) in [6, 6.07) is 4.21. The zero-order valence-corrected chi connectivity index (χ0v) is 13.5. The summed E-state index contributed by atoms with van der Waals surface area (Å²) >= 11 is 0. The molecule has 7 nitrogen and oxygen atoms in total. The Morgan fingerprint density at radius 2 is 2.05 bits per heavy atom. The van der Waals surface area contributed by atoms with E-state index in [2.05, 4.69) is 10.6 Å². The van der Waals surface area contributed by atoms with Crippen molar-refractivity contribution in [1.82, 2.24) is 14.9 Å². The molecule has 1 aliphatic heterocycles. The third kappa shape index (κ3) is 2.71. The van der Waals surface area contributed by atoms with Gasteiger partial charge in [0.05, 0.1) is 5.56 Å². The highest BCUT2D eigenvalue weighted by atomic mass is 32.2. The third-order valence-corrected chi connectivity index (χ3v) is 5.52. The predicted molar refractivity (Wildman–Crippen MR) is 81.2 cm³/mol. The summed E-state index contributed by atoms with van der Waals surface area (Å²) in [7, 11) is -2.06. The first-order valence-electron chi connectivity index (χ1n) is 6.99. The van der Waals surface area contributed by atoms with Crippen LogP contribution in [-0.4, -0.2) is 50.7 Å². The molecule has 0 aliphatic carbocycles. The molecule has 2 rings (SSSR count). The summed E-state index contributed by atoms with van der Waals surface area (Å²) in [4.78, 5) is 24.0. The molecule has 1 aromatic rings. The minimum atomic E-state index is -3.85. The molecule has 0 bridgehead atoms. The van der Waals surface area contributed by atoms with Crippen molar-refractivity contribution in [2.75, 3.05) is 20.1 Å². The molecule has 0 saturated carbocycles. The van der Waals surface area contributed by atoms with Gasteiger partial charge in [0.2, 0.25) is 0 Å². The van der Waals surface area contributed by atoms with Crippen LogP contribution in [0.5, 0.6) is 0 Å². The second-order valence-corrected chi connectivity index (χ2v) is 6.92. The molecule has 0 radical (unpaired) electrons. The number of fused-ring (bicyclic) bond motifs is 1. The smallest absolute Gasteiger partial charge is 0.268 e. The standard InChI is InChI=1S/C14H19N3O4S/c1-4-17-14(19)11-6-5-10(7-12(11)22(17,20)21)13(18)16-8-9(2)15-3/h5-7,9,15H,4,8H2,1-3H3,(H,16,18). The van der Waals surface area contributed by atoms with Gasteiger partial charge in [-0.1, -0.05) is 0 Å². The average Bonchev–Trinajstić information content (AvgIpc) is 2.70. The van der Waals surface area contributed by atoms with E-state index >= 15 is 0 Å². The molecular formula is C14H19N3O4S. The van der Waals surface area contributed by atoms with Crippen molar-refractivity contribution < 1.29 is 18.0 Å². The van der Waals surface area contributed by atoms with E-state index in [9.17, 15) is 18.0 Å². The molecule has 2 amide bonds. The lowest BCUT2D eigenvalue weighted by Crippen LogP contribution is -2.37. The fourth-order valence-electron chi connectivity index (χ4n) is 2.18. The third-order valence-electron chi connectivity index (χ3n) is 3.62. The first-order valence-corrected chi connectivity index (χ1v) is 8.43. The number of amides is 2. The first-order chi connectivity index (χ1) is 10.3. The Bertz CT molecular complexity index is 715. The lowest BCUT2D eigenvalue weighted by molar-refractivity contribution is 0.0874. The van der Waals surface area contributed by atoms with Crippen molar-refractivity contribution >= 4 is 21.8 Å². The molecular weight excluding hydrogens is 306 g/mol. The highest BCUT2D eigenvalue weighted by Crippen LogP contribution is 2.30. The van der Waals surface area contributed by atoms with Crippen LogP contribution < -0.4 is 10.6 Å². The van der Waals surface area contributed by atoms with Gasteiger partial charge in [-0.15, -0.1) is 0 Å². The number of carbonyl (C=O) groups is 2. The zero-order chi connectivity index (χ0) is 16.5. The molecule has 22 heavy (non-hydrogen) atoms. The number of sulfonamides is 1. The molecule has 120 valence electrons. The summed E-state index contributed by atoms with van der Waals surface area (Å²) in [5, 5.41) is 5.69. The van der Waals surface area contributed by atoms with Crippen molar-refractivity contribution in [1.29, 1.82) is 0 Å². The first kappa shape index (κ1) is 16.4. The van der Waals surface area contributed by atoms with Gasteiger partial charge in [0.15, 0.2) is 0 Å². The van der Waals surface area contributed by atoms with E-state index in [1.54, 1.807) is 14.0 Å². The molecule has 1 aliphatic rings. The number of hydrogen-bond acceptors (Lipinski definition) is 5. The average molecular weight is 325 g/mol. The number of nitrogens with zero attached hydrogens (tertiary/aromatic N) is 1. The van der Waals surface area contributed by atoms with Crippen LogP contribution >= 0.6 is 0 Å². The van der Waals surface area contributed by atoms with E-state index in [1.165, 1.54) is 18.2 Å². The lowest BCUT2D eigenvalue weighted by atomic mass is 10.1. The Morgan fingerprint density at radius 3 is 2.64 bits per heavy atom. The maximum atomic E-state index is 12.3. The minimum absolute atomic E-state index is 0.0665. The van der Waals surface area contributed by atoms with E-state index < -0.39 is 15.9 Å². The van der Waals surface area contributed by atoms with Crippen LogP contribution in [-0.2, 0) is 10.0 Å². The fraction of sp³-hybridized carbons (Fsp3) is 0.429. The minimum Gasteiger partial charge on any atom is -0.350 e. The summed E-state index contributed by atoms with van der Waals surface area (Å²) in [5.74, 6) is -0.921. The lowest BCUT2D eigenvalue weighted by Gasteiger charge is -2.12. The van der Waals surface area contributed by atoms with Crippen LogP contribution in [0.25, 0.3) is 0 Å². The quantitative estimate of drug-likeness (QED) is 0.806. The number of benzene rings is 1. The number of carbonyl (C=O) groups excluding carboxylic acids is 2. The van der Waals surface area contributed by atoms with Gasteiger partial charge in [0.25, 0.3) is 21.8 Å². The Hall–Kier alpha value is -1.93. The van der Waals surface area contributed by atoms with Gasteiger partial charge >= 0.3 is 0 Å². The molecule has 1 unspecified atom stereocenters. The SMILES string of the molecule is CCN1C(=O)c2ccc(C(=O)NCC(C)NC)cc2S1(=O)=O. The van der Waals surface area contributed by atoms with Crippen LogP contribution in [0.3, 0.4) is 0 Å². The van der Waals surface area contributed by atoms with Crippen molar-refractivity contribution in [3.05, 3.63) is 29.3 Å². The molecule has 0 aromatic heterocycles. The van der Waals surface area contributed by atoms with Gasteiger partial charge in [0, 0.05) is 24.7 Å². The highest BCUT2D eigenvalue weighted by molar-refractivity contribution is 7.90. The van der Waals surface area contributed by atoms with Crippen molar-refractivity contribution in [2.45, 2.75) is 24.8 Å². The Labute approximate surface area is 129 Å². The highest BCUT2D eigenvalue weighted by Gasteiger charge is 2.40. The van der Waals surface area contributed by atoms with Gasteiger partial charge in [-0.05, 0) is 39.1 Å². The number of rotatable bonds is 5. The maximum Gasteiger partial charge on any atom is 0.268 e. The van der Waals surface area contributed by atoms with E-state index in [-0.39, 0.29) is 34.5 Å². The van der Waals surface area contributed by atoms with Crippen LogP contribution in [0, 0.1) is 0 Å². The second-order valence-electron chi connectivity index (χ2n) is 5.09. The van der Waals surface area contributed by atoms with Crippen molar-refractivity contribution in [2.24, 2.45) is 0 Å². The number of nitrogens with one attached hydrogen (secondary N) is 2. The molecule has 1 atom stereocenters. The summed E-state index contributed by atoms with van der Waals surface area (Å²) < 4.78 is 25.4. The Kier molecular flexibility index (Phi) is 4.52. The molecule has 1 heterocycles. The summed E-state index contributed by atoms with van der Waals surface area (Å²) in [6.45, 7) is 3.98. The number of hydrogen-bond donors (Lipinski definition) is 2. The second kappa shape index (κ2) is 6.05. The maximum absolute atomic E-state index is 12.3. The van der Waals surface area contributed by atoms with Gasteiger partial charge < -0.3 is 10.6 Å². The summed E-state index contributed by atoms with van der Waals surface area (Å²) in [6.07, 6.45) is 0. The molecule has 2 N–H and O–H groups in total. The van der Waals surface area contributed by atoms with E-state index in [0.717, 1.165) is 4.31 Å². The van der Waals surface area contributed by atoms with Crippen LogP contribution in [0.4, 0.5) is 0 Å². The van der Waals surface area contributed by atoms with Crippen LogP contribution in [0.2, 0.25) is 0 Å². The van der Waals surface area contributed by atoms with Crippen LogP contribution in [0.1, 0.15) is 34.6 Å². The van der Waals surface area contributed by atoms with E-state index in [0.29, 0.717) is 6.54 Å². The molecule has 0 fully saturated rings. The summed E-state index contributed by atoms with van der Waals surface area (Å²) in [5.41, 5.74) is 0.332. The molecule has 8 heteroatoms. The van der Waals surface area contributed by atoms with E-state index in [4.69, 9.17) is 0 Å². The zero-order valence-electron chi connectivity index (χ0n) is 12.7. The molecule has 0 spiro atoms. The predicted octanol–water partition coefficient (Wildman–Crippen LogP) is 0.189. The van der Waals surface area contributed by atoms with Gasteiger partial charge in [-0.2, -0.15) is 0 Å². The van der Waals surface area contributed by atoms with Gasteiger partial charge in [-0.3, -0.25) is 9.59 Å². The van der Waals surface area contributed by atoms with Crippen molar-refractivity contribution in [3.8, 4) is 0 Å². The number of likely N-dealkylation sites (N-methyl/N-ethyl adjacent to an activating group) is 1. The van der Waals surface area contributed by atoms with Gasteiger partial charge in [0.1, 0.15) is 4.90 Å². The van der Waals surface area contributed by atoms with Crippen LogP contribution in [0.15, 0.2) is 23.1 Å². The monoisotopic (exact) mass is 325 g/mol. The Balaban J connectivity index is 2.30. The Morgan fingerprint density at radius 1 is 1.36 bits per heavy atom. The largest absolute Gasteiger partial charge is 0.350 e. The van der Waals surface area contributed by atoms with Gasteiger partial charge in [-0.25, -0.2) is 12.7 Å².